The molecule has 1 fully saturated rings. The Hall–Kier alpha value is -2.16. The number of hydrogen-bond donors (Lipinski definition) is 1. The number of morpholine rings is 1. The van der Waals surface area contributed by atoms with Gasteiger partial charge in [-0.05, 0) is 31.2 Å². The first-order valence-electron chi connectivity index (χ1n) is 8.76. The molecule has 0 aliphatic carbocycles. The van der Waals surface area contributed by atoms with Gasteiger partial charge in [-0.3, -0.25) is 9.62 Å². The Morgan fingerprint density at radius 3 is 2.56 bits per heavy atom. The fourth-order valence-corrected chi connectivity index (χ4v) is 3.80. The molecule has 0 saturated carbocycles. The lowest BCUT2D eigenvalue weighted by molar-refractivity contribution is 0.0323. The molecule has 8 heteroatoms. The Balaban J connectivity index is 1.70. The van der Waals surface area contributed by atoms with Gasteiger partial charge in [0.25, 0.3) is 10.0 Å². The van der Waals surface area contributed by atoms with Crippen molar-refractivity contribution in [2.45, 2.75) is 11.8 Å². The first-order valence-corrected chi connectivity index (χ1v) is 10.2. The highest BCUT2D eigenvalue weighted by molar-refractivity contribution is 7.92. The summed E-state index contributed by atoms with van der Waals surface area (Å²) < 4.78 is 52.3. The Morgan fingerprint density at radius 2 is 1.85 bits per heavy atom. The molecule has 0 aromatic heterocycles. The molecule has 6 nitrogen and oxygen atoms in total. The molecule has 1 aliphatic heterocycles. The fraction of sp³-hybridized carbons (Fsp3) is 0.368. The highest BCUT2D eigenvalue weighted by Crippen LogP contribution is 2.28. The molecule has 1 aliphatic rings. The van der Waals surface area contributed by atoms with Crippen LogP contribution in [0.15, 0.2) is 47.4 Å². The number of nitrogens with zero attached hydrogens (tertiary/aromatic N) is 1. The van der Waals surface area contributed by atoms with E-state index >= 15 is 0 Å². The van der Waals surface area contributed by atoms with Crippen LogP contribution in [-0.2, 0) is 14.8 Å². The molecule has 0 unspecified atom stereocenters. The predicted molar refractivity (Wildman–Crippen MR) is 101 cm³/mol. The Bertz CT molecular complexity index is 866. The summed E-state index contributed by atoms with van der Waals surface area (Å²) in [5, 5.41) is 0. The van der Waals surface area contributed by atoms with Crippen LogP contribution in [-0.4, -0.2) is 52.8 Å². The van der Waals surface area contributed by atoms with Gasteiger partial charge in [-0.15, -0.1) is 0 Å². The van der Waals surface area contributed by atoms with Crippen LogP contribution in [0.4, 0.5) is 10.1 Å². The smallest absolute Gasteiger partial charge is 0.262 e. The van der Waals surface area contributed by atoms with E-state index in [2.05, 4.69) is 9.62 Å². The van der Waals surface area contributed by atoms with Crippen LogP contribution in [0.25, 0.3) is 0 Å². The van der Waals surface area contributed by atoms with E-state index in [0.717, 1.165) is 24.7 Å². The number of ether oxygens (including phenoxy) is 2. The minimum absolute atomic E-state index is 0.0811. The average Bonchev–Trinajstić information content (AvgIpc) is 2.64. The van der Waals surface area contributed by atoms with E-state index in [1.165, 1.54) is 24.3 Å². The van der Waals surface area contributed by atoms with Gasteiger partial charge in [0.2, 0.25) is 0 Å². The second kappa shape index (κ2) is 8.69. The van der Waals surface area contributed by atoms with Crippen LogP contribution in [0.5, 0.6) is 5.75 Å². The van der Waals surface area contributed by atoms with E-state index in [4.69, 9.17) is 9.47 Å². The summed E-state index contributed by atoms with van der Waals surface area (Å²) in [5.74, 6) is -0.252. The van der Waals surface area contributed by atoms with Gasteiger partial charge < -0.3 is 9.47 Å². The lowest BCUT2D eigenvalue weighted by Crippen LogP contribution is -2.38. The van der Waals surface area contributed by atoms with Crippen LogP contribution in [0.1, 0.15) is 5.56 Å². The molecule has 0 amide bonds. The summed E-state index contributed by atoms with van der Waals surface area (Å²) in [6.07, 6.45) is 0. The van der Waals surface area contributed by atoms with Crippen molar-refractivity contribution < 1.29 is 22.3 Å². The third-order valence-electron chi connectivity index (χ3n) is 4.29. The van der Waals surface area contributed by atoms with E-state index in [0.29, 0.717) is 32.1 Å². The first-order chi connectivity index (χ1) is 12.9. The van der Waals surface area contributed by atoms with E-state index in [1.54, 1.807) is 12.1 Å². The fourth-order valence-electron chi connectivity index (χ4n) is 2.74. The van der Waals surface area contributed by atoms with Crippen LogP contribution >= 0.6 is 0 Å². The van der Waals surface area contributed by atoms with Gasteiger partial charge in [0.1, 0.15) is 18.2 Å². The molecule has 0 spiro atoms. The molecule has 0 atom stereocenters. The standard InChI is InChI=1S/C19H23FN2O4S/c1-15-2-5-17(6-3-15)27(23,24)21-18-14-16(20)4-7-19(18)26-13-10-22-8-11-25-12-9-22/h2-7,14,21H,8-13H2,1H3. The average molecular weight is 394 g/mol. The second-order valence-electron chi connectivity index (χ2n) is 6.36. The van der Waals surface area contributed by atoms with E-state index < -0.39 is 15.8 Å². The van der Waals surface area contributed by atoms with Gasteiger partial charge in [0, 0.05) is 25.7 Å². The topological polar surface area (TPSA) is 67.9 Å². The van der Waals surface area contributed by atoms with Crippen LogP contribution in [0, 0.1) is 12.7 Å². The van der Waals surface area contributed by atoms with Crippen molar-refractivity contribution >= 4 is 15.7 Å². The minimum atomic E-state index is -3.84. The molecule has 1 saturated heterocycles. The molecule has 146 valence electrons. The van der Waals surface area contributed by atoms with Crippen molar-refractivity contribution in [2.75, 3.05) is 44.2 Å². The minimum Gasteiger partial charge on any atom is -0.490 e. The lowest BCUT2D eigenvalue weighted by atomic mass is 10.2. The molecule has 0 radical (unpaired) electrons. The molecule has 3 rings (SSSR count). The molecule has 2 aromatic rings. The lowest BCUT2D eigenvalue weighted by Gasteiger charge is -2.26. The van der Waals surface area contributed by atoms with Crippen LogP contribution in [0.2, 0.25) is 0 Å². The summed E-state index contributed by atoms with van der Waals surface area (Å²) in [6, 6.07) is 10.2. The molecule has 1 N–H and O–H groups in total. The van der Waals surface area contributed by atoms with Crippen molar-refractivity contribution in [1.82, 2.24) is 4.90 Å². The third-order valence-corrected chi connectivity index (χ3v) is 5.67. The highest BCUT2D eigenvalue weighted by Gasteiger charge is 2.18. The highest BCUT2D eigenvalue weighted by atomic mass is 32.2. The number of sulfonamides is 1. The number of anilines is 1. The maximum Gasteiger partial charge on any atom is 0.262 e. The van der Waals surface area contributed by atoms with Crippen LogP contribution < -0.4 is 9.46 Å². The van der Waals surface area contributed by atoms with Gasteiger partial charge >= 0.3 is 0 Å². The second-order valence-corrected chi connectivity index (χ2v) is 8.04. The van der Waals surface area contributed by atoms with Gasteiger partial charge in [-0.1, -0.05) is 17.7 Å². The van der Waals surface area contributed by atoms with Gasteiger partial charge in [0.05, 0.1) is 23.8 Å². The zero-order valence-electron chi connectivity index (χ0n) is 15.2. The molecule has 0 bridgehead atoms. The maximum absolute atomic E-state index is 13.7. The van der Waals surface area contributed by atoms with Crippen molar-refractivity contribution in [2.24, 2.45) is 0 Å². The maximum atomic E-state index is 13.7. The number of rotatable bonds is 7. The molecule has 1 heterocycles. The molecular weight excluding hydrogens is 371 g/mol. The summed E-state index contributed by atoms with van der Waals surface area (Å²) >= 11 is 0. The molecule has 2 aromatic carbocycles. The van der Waals surface area contributed by atoms with E-state index in [1.807, 2.05) is 6.92 Å². The summed E-state index contributed by atoms with van der Waals surface area (Å²) in [7, 11) is -3.84. The SMILES string of the molecule is Cc1ccc(S(=O)(=O)Nc2cc(F)ccc2OCCN2CCOCC2)cc1. The Morgan fingerprint density at radius 1 is 1.15 bits per heavy atom. The quantitative estimate of drug-likeness (QED) is 0.782. The monoisotopic (exact) mass is 394 g/mol. The van der Waals surface area contributed by atoms with Crippen molar-refractivity contribution in [3.63, 3.8) is 0 Å². The number of nitrogens with one attached hydrogen (secondary N) is 1. The van der Waals surface area contributed by atoms with Gasteiger partial charge in [-0.2, -0.15) is 0 Å². The number of benzene rings is 2. The van der Waals surface area contributed by atoms with Gasteiger partial charge in [0.15, 0.2) is 0 Å². The van der Waals surface area contributed by atoms with Crippen LogP contribution in [0.3, 0.4) is 0 Å². The number of aryl methyl sites for hydroxylation is 1. The number of hydrogen-bond acceptors (Lipinski definition) is 5. The zero-order valence-corrected chi connectivity index (χ0v) is 16.0. The summed E-state index contributed by atoms with van der Waals surface area (Å²) in [5.41, 5.74) is 1.03. The summed E-state index contributed by atoms with van der Waals surface area (Å²) in [6.45, 7) is 5.97. The predicted octanol–water partition coefficient (Wildman–Crippen LogP) is 2.65. The normalized spacial score (nSPS) is 15.5. The van der Waals surface area contributed by atoms with E-state index in [9.17, 15) is 12.8 Å². The van der Waals surface area contributed by atoms with Crippen molar-refractivity contribution in [3.8, 4) is 5.75 Å². The zero-order chi connectivity index (χ0) is 19.3. The largest absolute Gasteiger partial charge is 0.490 e. The summed E-state index contributed by atoms with van der Waals surface area (Å²) in [4.78, 5) is 2.31. The van der Waals surface area contributed by atoms with Crippen molar-refractivity contribution in [3.05, 3.63) is 53.8 Å². The Kier molecular flexibility index (Phi) is 6.30. The Labute approximate surface area is 159 Å². The third kappa shape index (κ3) is 5.41. The van der Waals surface area contributed by atoms with E-state index in [-0.39, 0.29) is 10.6 Å². The van der Waals surface area contributed by atoms with Crippen molar-refractivity contribution in [1.29, 1.82) is 0 Å². The molecular formula is C19H23FN2O4S. The number of halogens is 1. The molecule has 27 heavy (non-hydrogen) atoms. The first kappa shape index (κ1) is 19.6. The van der Waals surface area contributed by atoms with Gasteiger partial charge in [-0.25, -0.2) is 12.8 Å².